The number of carbonyl (C=O) groups excluding carboxylic acids is 1. The smallest absolute Gasteiger partial charge is 0.269 e. The summed E-state index contributed by atoms with van der Waals surface area (Å²) >= 11 is 0. The molecule has 0 unspecified atom stereocenters. The minimum absolute atomic E-state index is 0.0862. The molecule has 0 bridgehead atoms. The standard InChI is InChI=1S/C18H23N5O5S/c1-13-17(14(2)20(3)19-13)29(27,28)22-10-4-9-21(11-12-22)18(24)15-5-7-16(8-6-15)23(25)26/h5-8H,4,9-12H2,1-3H3. The fraction of sp³-hybridized carbons (Fsp3) is 0.444. The topological polar surface area (TPSA) is 119 Å². The minimum Gasteiger partial charge on any atom is -0.337 e. The zero-order valence-corrected chi connectivity index (χ0v) is 17.3. The van der Waals surface area contributed by atoms with Gasteiger partial charge in [-0.3, -0.25) is 19.6 Å². The summed E-state index contributed by atoms with van der Waals surface area (Å²) in [5.41, 5.74) is 1.28. The largest absolute Gasteiger partial charge is 0.337 e. The number of nitrogens with zero attached hydrogens (tertiary/aromatic N) is 5. The number of aromatic nitrogens is 2. The number of hydrogen-bond donors (Lipinski definition) is 0. The Labute approximate surface area is 168 Å². The molecule has 10 nitrogen and oxygen atoms in total. The third-order valence-corrected chi connectivity index (χ3v) is 7.26. The van der Waals surface area contributed by atoms with Gasteiger partial charge in [0.2, 0.25) is 10.0 Å². The van der Waals surface area contributed by atoms with E-state index in [2.05, 4.69) is 5.10 Å². The molecule has 1 fully saturated rings. The molecule has 0 spiro atoms. The third-order valence-electron chi connectivity index (χ3n) is 5.11. The molecule has 29 heavy (non-hydrogen) atoms. The molecule has 0 atom stereocenters. The number of non-ortho nitro benzene ring substituents is 1. The van der Waals surface area contributed by atoms with Gasteiger partial charge in [-0.25, -0.2) is 8.42 Å². The highest BCUT2D eigenvalue weighted by atomic mass is 32.2. The van der Waals surface area contributed by atoms with Crippen molar-refractivity contribution in [3.05, 3.63) is 51.3 Å². The molecule has 1 amide bonds. The summed E-state index contributed by atoms with van der Waals surface area (Å²) in [4.78, 5) is 24.8. The summed E-state index contributed by atoms with van der Waals surface area (Å²) in [6.45, 7) is 4.52. The first-order chi connectivity index (χ1) is 13.6. The van der Waals surface area contributed by atoms with Crippen LogP contribution in [0.3, 0.4) is 0 Å². The van der Waals surface area contributed by atoms with E-state index in [1.807, 2.05) is 0 Å². The van der Waals surface area contributed by atoms with E-state index >= 15 is 0 Å². The Morgan fingerprint density at radius 3 is 2.31 bits per heavy atom. The highest BCUT2D eigenvalue weighted by Crippen LogP contribution is 2.24. The Kier molecular flexibility index (Phi) is 5.71. The van der Waals surface area contributed by atoms with Gasteiger partial charge in [0.1, 0.15) is 4.90 Å². The van der Waals surface area contributed by atoms with Gasteiger partial charge in [0, 0.05) is 50.9 Å². The Hall–Kier alpha value is -2.79. The summed E-state index contributed by atoms with van der Waals surface area (Å²) in [6, 6.07) is 5.41. The molecule has 2 aromatic rings. The second-order valence-electron chi connectivity index (χ2n) is 6.98. The fourth-order valence-electron chi connectivity index (χ4n) is 3.50. The molecule has 0 radical (unpaired) electrons. The predicted molar refractivity (Wildman–Crippen MR) is 105 cm³/mol. The van der Waals surface area contributed by atoms with Crippen LogP contribution in [0, 0.1) is 24.0 Å². The number of nitro benzene ring substituents is 1. The quantitative estimate of drug-likeness (QED) is 0.545. The van der Waals surface area contributed by atoms with Crippen molar-refractivity contribution in [1.29, 1.82) is 0 Å². The highest BCUT2D eigenvalue weighted by molar-refractivity contribution is 7.89. The Balaban J connectivity index is 1.76. The van der Waals surface area contributed by atoms with Crippen LogP contribution < -0.4 is 0 Å². The van der Waals surface area contributed by atoms with Gasteiger partial charge in [-0.15, -0.1) is 0 Å². The van der Waals surface area contributed by atoms with E-state index in [1.165, 1.54) is 28.6 Å². The maximum Gasteiger partial charge on any atom is 0.269 e. The number of benzene rings is 1. The summed E-state index contributed by atoms with van der Waals surface area (Å²) in [6.07, 6.45) is 0.496. The van der Waals surface area contributed by atoms with Crippen LogP contribution in [0.2, 0.25) is 0 Å². The monoisotopic (exact) mass is 421 g/mol. The van der Waals surface area contributed by atoms with E-state index in [4.69, 9.17) is 0 Å². The van der Waals surface area contributed by atoms with Gasteiger partial charge in [-0.05, 0) is 32.4 Å². The molecule has 1 aliphatic heterocycles. The van der Waals surface area contributed by atoms with E-state index in [9.17, 15) is 23.3 Å². The molecule has 0 N–H and O–H groups in total. The van der Waals surface area contributed by atoms with Crippen molar-refractivity contribution in [2.45, 2.75) is 25.2 Å². The molecule has 11 heteroatoms. The Bertz CT molecular complexity index is 1050. The van der Waals surface area contributed by atoms with Crippen molar-refractivity contribution in [2.75, 3.05) is 26.2 Å². The van der Waals surface area contributed by atoms with E-state index in [1.54, 1.807) is 30.5 Å². The Morgan fingerprint density at radius 1 is 1.10 bits per heavy atom. The minimum atomic E-state index is -3.72. The Morgan fingerprint density at radius 2 is 1.76 bits per heavy atom. The van der Waals surface area contributed by atoms with Crippen LogP contribution in [0.15, 0.2) is 29.2 Å². The highest BCUT2D eigenvalue weighted by Gasteiger charge is 2.32. The van der Waals surface area contributed by atoms with Gasteiger partial charge in [0.05, 0.1) is 16.3 Å². The molecular weight excluding hydrogens is 398 g/mol. The van der Waals surface area contributed by atoms with Crippen molar-refractivity contribution in [3.8, 4) is 0 Å². The molecule has 2 heterocycles. The number of carbonyl (C=O) groups is 1. The fourth-order valence-corrected chi connectivity index (χ4v) is 5.37. The first kappa shape index (κ1) is 20.9. The summed E-state index contributed by atoms with van der Waals surface area (Å²) in [7, 11) is -2.01. The lowest BCUT2D eigenvalue weighted by Crippen LogP contribution is -2.37. The van der Waals surface area contributed by atoms with Gasteiger partial charge in [-0.1, -0.05) is 0 Å². The maximum absolute atomic E-state index is 13.1. The van der Waals surface area contributed by atoms with Crippen LogP contribution in [-0.2, 0) is 17.1 Å². The summed E-state index contributed by atoms with van der Waals surface area (Å²) < 4.78 is 29.2. The molecule has 1 saturated heterocycles. The molecule has 156 valence electrons. The zero-order chi connectivity index (χ0) is 21.3. The van der Waals surface area contributed by atoms with Crippen LogP contribution in [0.4, 0.5) is 5.69 Å². The second kappa shape index (κ2) is 7.91. The molecule has 1 aliphatic rings. The third kappa shape index (κ3) is 4.01. The average molecular weight is 421 g/mol. The van der Waals surface area contributed by atoms with Crippen molar-refractivity contribution < 1.29 is 18.1 Å². The number of aryl methyl sites for hydroxylation is 2. The van der Waals surface area contributed by atoms with E-state index in [0.29, 0.717) is 36.5 Å². The molecule has 1 aromatic carbocycles. The zero-order valence-electron chi connectivity index (χ0n) is 16.5. The number of sulfonamides is 1. The second-order valence-corrected chi connectivity index (χ2v) is 8.85. The molecule has 3 rings (SSSR count). The average Bonchev–Trinajstić information content (AvgIpc) is 2.85. The van der Waals surface area contributed by atoms with Crippen molar-refractivity contribution in [2.24, 2.45) is 7.05 Å². The van der Waals surface area contributed by atoms with Crippen LogP contribution >= 0.6 is 0 Å². The van der Waals surface area contributed by atoms with Crippen molar-refractivity contribution >= 4 is 21.6 Å². The van der Waals surface area contributed by atoms with Crippen molar-refractivity contribution in [1.82, 2.24) is 19.0 Å². The van der Waals surface area contributed by atoms with Gasteiger partial charge >= 0.3 is 0 Å². The van der Waals surface area contributed by atoms with Gasteiger partial charge < -0.3 is 4.90 Å². The first-order valence-corrected chi connectivity index (χ1v) is 10.6. The number of hydrogen-bond acceptors (Lipinski definition) is 6. The van der Waals surface area contributed by atoms with E-state index in [0.717, 1.165) is 0 Å². The number of rotatable bonds is 4. The van der Waals surface area contributed by atoms with Crippen LogP contribution in [0.25, 0.3) is 0 Å². The SMILES string of the molecule is Cc1nn(C)c(C)c1S(=O)(=O)N1CCCN(C(=O)c2ccc([N+](=O)[O-])cc2)CC1. The van der Waals surface area contributed by atoms with Gasteiger partial charge in [-0.2, -0.15) is 9.40 Å². The predicted octanol–water partition coefficient (Wildman–Crippen LogP) is 1.48. The molecule has 1 aromatic heterocycles. The lowest BCUT2D eigenvalue weighted by molar-refractivity contribution is -0.384. The van der Waals surface area contributed by atoms with Crippen LogP contribution in [0.1, 0.15) is 28.2 Å². The maximum atomic E-state index is 13.1. The lowest BCUT2D eigenvalue weighted by Gasteiger charge is -2.22. The van der Waals surface area contributed by atoms with Crippen LogP contribution in [-0.4, -0.2) is 64.4 Å². The molecule has 0 saturated carbocycles. The van der Waals surface area contributed by atoms with Gasteiger partial charge in [0.15, 0.2) is 0 Å². The normalized spacial score (nSPS) is 15.9. The van der Waals surface area contributed by atoms with Crippen LogP contribution in [0.5, 0.6) is 0 Å². The van der Waals surface area contributed by atoms with E-state index in [-0.39, 0.29) is 29.6 Å². The molecular formula is C18H23N5O5S. The summed E-state index contributed by atoms with van der Waals surface area (Å²) in [5, 5.41) is 15.0. The van der Waals surface area contributed by atoms with E-state index < -0.39 is 14.9 Å². The first-order valence-electron chi connectivity index (χ1n) is 9.17. The lowest BCUT2D eigenvalue weighted by atomic mass is 10.2. The van der Waals surface area contributed by atoms with Gasteiger partial charge in [0.25, 0.3) is 11.6 Å². The number of nitro groups is 1. The summed E-state index contributed by atoms with van der Waals surface area (Å²) in [5.74, 6) is -0.270. The molecule has 0 aliphatic carbocycles. The number of amides is 1. The van der Waals surface area contributed by atoms with Crippen molar-refractivity contribution in [3.63, 3.8) is 0 Å².